The molecule has 0 fully saturated rings. The fraction of sp³-hybridized carbons (Fsp3) is 0.625. The third kappa shape index (κ3) is 5.15. The van der Waals surface area contributed by atoms with Gasteiger partial charge in [-0.15, -0.1) is 0 Å². The van der Waals surface area contributed by atoms with Crippen molar-refractivity contribution in [3.8, 4) is 0 Å². The van der Waals surface area contributed by atoms with Gasteiger partial charge >= 0.3 is 0 Å². The van der Waals surface area contributed by atoms with E-state index in [1.807, 2.05) is 6.07 Å². The second-order valence-electron chi connectivity index (χ2n) is 5.65. The summed E-state index contributed by atoms with van der Waals surface area (Å²) in [4.78, 5) is 2.60. The van der Waals surface area contributed by atoms with Gasteiger partial charge in [-0.25, -0.2) is 0 Å². The first-order valence-corrected chi connectivity index (χ1v) is 8.05. The van der Waals surface area contributed by atoms with Crippen LogP contribution in [0.3, 0.4) is 0 Å². The Hall–Kier alpha value is -0.540. The molecule has 0 aliphatic rings. The summed E-state index contributed by atoms with van der Waals surface area (Å²) in [6.07, 6.45) is 2.42. The Morgan fingerprint density at radius 1 is 1.21 bits per heavy atom. The molecule has 19 heavy (non-hydrogen) atoms. The standard InChI is InChI=1S/C16H27BrN2/c1-5-14(6-2)19(10-12(3)4)11-13-7-8-16(18)15(17)9-13/h7-9,12,14H,5-6,10-11,18H2,1-4H3. The molecular weight excluding hydrogens is 300 g/mol. The van der Waals surface area contributed by atoms with Gasteiger partial charge in [0.15, 0.2) is 0 Å². The van der Waals surface area contributed by atoms with Crippen LogP contribution in [0.4, 0.5) is 5.69 Å². The molecule has 0 aromatic heterocycles. The highest BCUT2D eigenvalue weighted by atomic mass is 79.9. The van der Waals surface area contributed by atoms with Gasteiger partial charge in [-0.2, -0.15) is 0 Å². The van der Waals surface area contributed by atoms with Crippen molar-refractivity contribution in [2.75, 3.05) is 12.3 Å². The number of rotatable bonds is 7. The second kappa shape index (κ2) is 7.91. The van der Waals surface area contributed by atoms with Crippen molar-refractivity contribution in [1.82, 2.24) is 4.90 Å². The van der Waals surface area contributed by atoms with Crippen LogP contribution in [-0.2, 0) is 6.54 Å². The van der Waals surface area contributed by atoms with Crippen molar-refractivity contribution in [3.63, 3.8) is 0 Å². The van der Waals surface area contributed by atoms with E-state index < -0.39 is 0 Å². The molecule has 0 saturated heterocycles. The van der Waals surface area contributed by atoms with E-state index in [0.29, 0.717) is 12.0 Å². The minimum absolute atomic E-state index is 0.665. The van der Waals surface area contributed by atoms with Gasteiger partial charge in [0.2, 0.25) is 0 Å². The molecule has 0 bridgehead atoms. The van der Waals surface area contributed by atoms with Crippen LogP contribution < -0.4 is 5.73 Å². The summed E-state index contributed by atoms with van der Waals surface area (Å²) in [5, 5.41) is 0. The zero-order chi connectivity index (χ0) is 14.4. The van der Waals surface area contributed by atoms with Crippen LogP contribution in [0.2, 0.25) is 0 Å². The Bertz CT molecular complexity index is 386. The van der Waals surface area contributed by atoms with Crippen molar-refractivity contribution in [2.45, 2.75) is 53.1 Å². The molecule has 0 spiro atoms. The van der Waals surface area contributed by atoms with E-state index in [1.54, 1.807) is 0 Å². The number of nitrogen functional groups attached to an aromatic ring is 1. The maximum atomic E-state index is 5.85. The quantitative estimate of drug-likeness (QED) is 0.737. The predicted octanol–water partition coefficient (Wildman–Crippen LogP) is 4.68. The Labute approximate surface area is 126 Å². The van der Waals surface area contributed by atoms with Crippen molar-refractivity contribution >= 4 is 21.6 Å². The molecule has 0 heterocycles. The Morgan fingerprint density at radius 2 is 1.84 bits per heavy atom. The lowest BCUT2D eigenvalue weighted by molar-refractivity contribution is 0.157. The number of benzene rings is 1. The van der Waals surface area contributed by atoms with Gasteiger partial charge in [0.25, 0.3) is 0 Å². The third-order valence-electron chi connectivity index (χ3n) is 3.51. The molecule has 0 amide bonds. The Kier molecular flexibility index (Phi) is 6.87. The van der Waals surface area contributed by atoms with Crippen molar-refractivity contribution < 1.29 is 0 Å². The summed E-state index contributed by atoms with van der Waals surface area (Å²) in [5.41, 5.74) is 7.99. The molecule has 1 rings (SSSR count). The number of hydrogen-bond donors (Lipinski definition) is 1. The maximum Gasteiger partial charge on any atom is 0.0458 e. The van der Waals surface area contributed by atoms with Crippen molar-refractivity contribution in [3.05, 3.63) is 28.2 Å². The van der Waals surface area contributed by atoms with Crippen LogP contribution in [0, 0.1) is 5.92 Å². The van der Waals surface area contributed by atoms with Crippen LogP contribution in [0.5, 0.6) is 0 Å². The number of anilines is 1. The van der Waals surface area contributed by atoms with E-state index >= 15 is 0 Å². The van der Waals surface area contributed by atoms with Crippen LogP contribution in [0.25, 0.3) is 0 Å². The minimum Gasteiger partial charge on any atom is -0.398 e. The Balaban J connectivity index is 2.83. The van der Waals surface area contributed by atoms with Crippen LogP contribution >= 0.6 is 15.9 Å². The summed E-state index contributed by atoms with van der Waals surface area (Å²) < 4.78 is 0.999. The largest absolute Gasteiger partial charge is 0.398 e. The molecule has 0 atom stereocenters. The lowest BCUT2D eigenvalue weighted by Crippen LogP contribution is -2.36. The van der Waals surface area contributed by atoms with Crippen molar-refractivity contribution in [1.29, 1.82) is 0 Å². The maximum absolute atomic E-state index is 5.85. The molecule has 2 nitrogen and oxygen atoms in total. The molecular formula is C16H27BrN2. The first-order valence-electron chi connectivity index (χ1n) is 7.25. The average Bonchev–Trinajstić information content (AvgIpc) is 2.34. The Morgan fingerprint density at radius 3 is 2.32 bits per heavy atom. The van der Waals surface area contributed by atoms with Crippen LogP contribution in [-0.4, -0.2) is 17.5 Å². The molecule has 1 aromatic rings. The highest BCUT2D eigenvalue weighted by Gasteiger charge is 2.16. The topological polar surface area (TPSA) is 29.3 Å². The number of nitrogens with two attached hydrogens (primary N) is 1. The highest BCUT2D eigenvalue weighted by molar-refractivity contribution is 9.10. The van der Waals surface area contributed by atoms with E-state index in [-0.39, 0.29) is 0 Å². The number of halogens is 1. The minimum atomic E-state index is 0.665. The molecule has 1 aromatic carbocycles. The number of nitrogens with zero attached hydrogens (tertiary/aromatic N) is 1. The third-order valence-corrected chi connectivity index (χ3v) is 4.20. The summed E-state index contributed by atoms with van der Waals surface area (Å²) in [6.45, 7) is 11.3. The van der Waals surface area contributed by atoms with Gasteiger partial charge < -0.3 is 5.73 Å². The first-order chi connectivity index (χ1) is 8.97. The molecule has 0 aliphatic heterocycles. The SMILES string of the molecule is CCC(CC)N(Cc1ccc(N)c(Br)c1)CC(C)C. The summed E-state index contributed by atoms with van der Waals surface area (Å²) in [6, 6.07) is 6.93. The van der Waals surface area contributed by atoms with E-state index in [0.717, 1.165) is 23.2 Å². The highest BCUT2D eigenvalue weighted by Crippen LogP contribution is 2.23. The molecule has 0 radical (unpaired) electrons. The van der Waals surface area contributed by atoms with Gasteiger partial charge in [0.1, 0.15) is 0 Å². The zero-order valence-corrected chi connectivity index (χ0v) is 14.2. The molecule has 0 aliphatic carbocycles. The first kappa shape index (κ1) is 16.5. The molecule has 2 N–H and O–H groups in total. The summed E-state index contributed by atoms with van der Waals surface area (Å²) >= 11 is 3.51. The summed E-state index contributed by atoms with van der Waals surface area (Å²) in [5.74, 6) is 0.692. The molecule has 108 valence electrons. The normalized spacial score (nSPS) is 11.8. The molecule has 3 heteroatoms. The van der Waals surface area contributed by atoms with E-state index in [4.69, 9.17) is 5.73 Å². The van der Waals surface area contributed by atoms with Gasteiger partial charge in [0, 0.05) is 29.3 Å². The van der Waals surface area contributed by atoms with E-state index in [1.165, 1.54) is 18.4 Å². The lowest BCUT2D eigenvalue weighted by Gasteiger charge is -2.32. The number of hydrogen-bond acceptors (Lipinski definition) is 2. The van der Waals surface area contributed by atoms with Crippen molar-refractivity contribution in [2.24, 2.45) is 5.92 Å². The lowest BCUT2D eigenvalue weighted by atomic mass is 10.1. The van der Waals surface area contributed by atoms with Gasteiger partial charge in [0.05, 0.1) is 0 Å². The van der Waals surface area contributed by atoms with Gasteiger partial charge in [-0.3, -0.25) is 4.90 Å². The van der Waals surface area contributed by atoms with Crippen LogP contribution in [0.1, 0.15) is 46.1 Å². The smallest absolute Gasteiger partial charge is 0.0458 e. The molecule has 0 unspecified atom stereocenters. The molecule has 0 saturated carbocycles. The fourth-order valence-electron chi connectivity index (χ4n) is 2.52. The fourth-order valence-corrected chi connectivity index (χ4v) is 2.95. The summed E-state index contributed by atoms with van der Waals surface area (Å²) in [7, 11) is 0. The second-order valence-corrected chi connectivity index (χ2v) is 6.50. The monoisotopic (exact) mass is 326 g/mol. The van der Waals surface area contributed by atoms with Crippen LogP contribution in [0.15, 0.2) is 22.7 Å². The van der Waals surface area contributed by atoms with Gasteiger partial charge in [-0.05, 0) is 52.4 Å². The average molecular weight is 327 g/mol. The zero-order valence-electron chi connectivity index (χ0n) is 12.6. The van der Waals surface area contributed by atoms with Gasteiger partial charge in [-0.1, -0.05) is 33.8 Å². The predicted molar refractivity (Wildman–Crippen MR) is 88.2 cm³/mol. The van der Waals surface area contributed by atoms with E-state index in [9.17, 15) is 0 Å². The van der Waals surface area contributed by atoms with E-state index in [2.05, 4.69) is 60.7 Å².